The number of hydrogen-bond donors (Lipinski definition) is 0. The number of carbonyl (C=O) groups excluding carboxylic acids is 1. The van der Waals surface area contributed by atoms with E-state index in [-0.39, 0.29) is 17.8 Å². The Morgan fingerprint density at radius 2 is 1.32 bits per heavy atom. The van der Waals surface area contributed by atoms with Gasteiger partial charge in [0, 0.05) is 18.3 Å². The fourth-order valence-electron chi connectivity index (χ4n) is 4.46. The minimum atomic E-state index is 0.0515. The van der Waals surface area contributed by atoms with Gasteiger partial charge in [-0.2, -0.15) is 0 Å². The molecule has 1 heteroatoms. The van der Waals surface area contributed by atoms with E-state index in [0.717, 1.165) is 18.4 Å². The normalized spacial score (nSPS) is 18.9. The van der Waals surface area contributed by atoms with Gasteiger partial charge in [-0.3, -0.25) is 4.79 Å². The van der Waals surface area contributed by atoms with Crippen LogP contribution < -0.4 is 0 Å². The van der Waals surface area contributed by atoms with E-state index in [9.17, 15) is 4.79 Å². The van der Waals surface area contributed by atoms with E-state index in [2.05, 4.69) is 84.9 Å². The van der Waals surface area contributed by atoms with E-state index in [0.29, 0.717) is 12.2 Å². The van der Waals surface area contributed by atoms with Crippen LogP contribution in [0.3, 0.4) is 0 Å². The van der Waals surface area contributed by atoms with E-state index >= 15 is 0 Å². The highest BCUT2D eigenvalue weighted by atomic mass is 16.1. The summed E-state index contributed by atoms with van der Waals surface area (Å²) >= 11 is 0. The SMILES string of the molecule is O=C(Cc1ccccc1)[C@H]1CCC=C[C@@H]1C(c1ccccc1)c1ccccc1. The van der Waals surface area contributed by atoms with Crippen molar-refractivity contribution in [2.45, 2.75) is 25.2 Å². The van der Waals surface area contributed by atoms with Crippen LogP contribution in [-0.4, -0.2) is 5.78 Å². The number of rotatable bonds is 6. The monoisotopic (exact) mass is 366 g/mol. The van der Waals surface area contributed by atoms with Crippen molar-refractivity contribution in [3.8, 4) is 0 Å². The molecule has 28 heavy (non-hydrogen) atoms. The highest BCUT2D eigenvalue weighted by molar-refractivity contribution is 5.84. The average Bonchev–Trinajstić information content (AvgIpc) is 2.76. The van der Waals surface area contributed by atoms with Gasteiger partial charge >= 0.3 is 0 Å². The molecule has 0 unspecified atom stereocenters. The third-order valence-electron chi connectivity index (χ3n) is 5.80. The van der Waals surface area contributed by atoms with Crippen molar-refractivity contribution in [3.63, 3.8) is 0 Å². The molecule has 0 bridgehead atoms. The van der Waals surface area contributed by atoms with Crippen LogP contribution in [0.4, 0.5) is 0 Å². The summed E-state index contributed by atoms with van der Waals surface area (Å²) in [4.78, 5) is 13.3. The van der Waals surface area contributed by atoms with Crippen molar-refractivity contribution in [2.24, 2.45) is 11.8 Å². The van der Waals surface area contributed by atoms with Gasteiger partial charge in [-0.15, -0.1) is 0 Å². The average molecular weight is 367 g/mol. The zero-order valence-corrected chi connectivity index (χ0v) is 16.1. The number of hydrogen-bond acceptors (Lipinski definition) is 1. The molecule has 0 saturated carbocycles. The molecule has 1 nitrogen and oxygen atoms in total. The first-order chi connectivity index (χ1) is 13.8. The summed E-state index contributed by atoms with van der Waals surface area (Å²) in [6.07, 6.45) is 6.99. The van der Waals surface area contributed by atoms with Crippen molar-refractivity contribution in [3.05, 3.63) is 120 Å². The quantitative estimate of drug-likeness (QED) is 0.474. The summed E-state index contributed by atoms with van der Waals surface area (Å²) in [5, 5.41) is 0. The van der Waals surface area contributed by atoms with Gasteiger partial charge in [-0.25, -0.2) is 0 Å². The molecule has 2 atom stereocenters. The maximum atomic E-state index is 13.3. The molecule has 0 fully saturated rings. The van der Waals surface area contributed by atoms with Crippen LogP contribution in [0.2, 0.25) is 0 Å². The van der Waals surface area contributed by atoms with Crippen LogP contribution in [-0.2, 0) is 11.2 Å². The third-order valence-corrected chi connectivity index (χ3v) is 5.80. The van der Waals surface area contributed by atoms with Crippen molar-refractivity contribution in [1.29, 1.82) is 0 Å². The first-order valence-corrected chi connectivity index (χ1v) is 10.2. The Hall–Kier alpha value is -2.93. The molecule has 0 aliphatic heterocycles. The minimum Gasteiger partial charge on any atom is -0.299 e. The molecule has 4 rings (SSSR count). The number of ketones is 1. The summed E-state index contributed by atoms with van der Waals surface area (Å²) in [6.45, 7) is 0. The van der Waals surface area contributed by atoms with Crippen molar-refractivity contribution in [2.75, 3.05) is 0 Å². The summed E-state index contributed by atoms with van der Waals surface area (Å²) in [5.74, 6) is 0.798. The van der Waals surface area contributed by atoms with Gasteiger partial charge in [0.2, 0.25) is 0 Å². The summed E-state index contributed by atoms with van der Waals surface area (Å²) < 4.78 is 0. The van der Waals surface area contributed by atoms with Crippen LogP contribution >= 0.6 is 0 Å². The smallest absolute Gasteiger partial charge is 0.140 e. The lowest BCUT2D eigenvalue weighted by atomic mass is 9.69. The zero-order valence-electron chi connectivity index (χ0n) is 16.1. The van der Waals surface area contributed by atoms with Crippen LogP contribution in [0.25, 0.3) is 0 Å². The summed E-state index contributed by atoms with van der Waals surface area (Å²) in [5.41, 5.74) is 3.67. The van der Waals surface area contributed by atoms with Gasteiger partial charge < -0.3 is 0 Å². The Morgan fingerprint density at radius 1 is 0.786 bits per heavy atom. The molecule has 0 N–H and O–H groups in total. The van der Waals surface area contributed by atoms with Crippen molar-refractivity contribution < 1.29 is 4.79 Å². The fourth-order valence-corrected chi connectivity index (χ4v) is 4.46. The Balaban J connectivity index is 1.68. The molecule has 1 aliphatic carbocycles. The maximum Gasteiger partial charge on any atom is 0.140 e. The van der Waals surface area contributed by atoms with Crippen LogP contribution in [0, 0.1) is 11.8 Å². The van der Waals surface area contributed by atoms with E-state index in [1.54, 1.807) is 0 Å². The van der Waals surface area contributed by atoms with Gasteiger partial charge in [0.15, 0.2) is 0 Å². The molecule has 3 aromatic carbocycles. The van der Waals surface area contributed by atoms with Gasteiger partial charge in [-0.05, 0) is 35.4 Å². The first-order valence-electron chi connectivity index (χ1n) is 10.2. The number of benzene rings is 3. The second-order valence-electron chi connectivity index (χ2n) is 7.62. The molecular formula is C27H26O. The first kappa shape index (κ1) is 18.4. The second-order valence-corrected chi connectivity index (χ2v) is 7.62. The molecule has 0 saturated heterocycles. The summed E-state index contributed by atoms with van der Waals surface area (Å²) in [6, 6.07) is 31.4. The van der Waals surface area contributed by atoms with E-state index < -0.39 is 0 Å². The van der Waals surface area contributed by atoms with Crippen molar-refractivity contribution in [1.82, 2.24) is 0 Å². The molecule has 1 aliphatic rings. The highest BCUT2D eigenvalue weighted by Gasteiger charge is 2.35. The molecule has 3 aromatic rings. The minimum absolute atomic E-state index is 0.0515. The summed E-state index contributed by atoms with van der Waals surface area (Å²) in [7, 11) is 0. The Bertz CT molecular complexity index is 873. The van der Waals surface area contributed by atoms with Crippen LogP contribution in [0.1, 0.15) is 35.4 Å². The van der Waals surface area contributed by atoms with E-state index in [1.807, 2.05) is 18.2 Å². The molecule has 0 spiro atoms. The highest BCUT2D eigenvalue weighted by Crippen LogP contribution is 2.41. The largest absolute Gasteiger partial charge is 0.299 e. The Kier molecular flexibility index (Phi) is 5.82. The van der Waals surface area contributed by atoms with Gasteiger partial charge in [0.25, 0.3) is 0 Å². The van der Waals surface area contributed by atoms with E-state index in [4.69, 9.17) is 0 Å². The van der Waals surface area contributed by atoms with Gasteiger partial charge in [0.05, 0.1) is 0 Å². The van der Waals surface area contributed by atoms with Gasteiger partial charge in [0.1, 0.15) is 5.78 Å². The lowest BCUT2D eigenvalue weighted by molar-refractivity contribution is -0.123. The van der Waals surface area contributed by atoms with Crippen LogP contribution in [0.5, 0.6) is 0 Å². The molecule has 0 radical (unpaired) electrons. The molecule has 140 valence electrons. The third kappa shape index (κ3) is 4.14. The second kappa shape index (κ2) is 8.84. The topological polar surface area (TPSA) is 17.1 Å². The number of allylic oxidation sites excluding steroid dienone is 2. The molecule has 0 aromatic heterocycles. The predicted molar refractivity (Wildman–Crippen MR) is 115 cm³/mol. The number of carbonyl (C=O) groups is 1. The van der Waals surface area contributed by atoms with Crippen molar-refractivity contribution >= 4 is 5.78 Å². The molecular weight excluding hydrogens is 340 g/mol. The maximum absolute atomic E-state index is 13.3. The molecule has 0 heterocycles. The fraction of sp³-hybridized carbons (Fsp3) is 0.222. The predicted octanol–water partition coefficient (Wildman–Crippen LogP) is 6.21. The Labute approximate surface area is 167 Å². The van der Waals surface area contributed by atoms with Crippen LogP contribution in [0.15, 0.2) is 103 Å². The molecule has 0 amide bonds. The Morgan fingerprint density at radius 3 is 1.89 bits per heavy atom. The number of Topliss-reactive ketones (excluding diaryl/α,β-unsaturated/α-hetero) is 1. The van der Waals surface area contributed by atoms with E-state index in [1.165, 1.54) is 11.1 Å². The standard InChI is InChI=1S/C27H26O/c28-26(20-21-12-4-1-5-13-21)24-18-10-11-19-25(24)27(22-14-6-2-7-15-22)23-16-8-3-9-17-23/h1-9,11-17,19,24-25,27H,10,18,20H2/t24-,25-/m0/s1. The lowest BCUT2D eigenvalue weighted by Gasteiger charge is -2.34. The van der Waals surface area contributed by atoms with Gasteiger partial charge in [-0.1, -0.05) is 103 Å². The zero-order chi connectivity index (χ0) is 19.2. The lowest BCUT2D eigenvalue weighted by Crippen LogP contribution is -2.31.